The average Bonchev–Trinajstić information content (AvgIpc) is 2.54. The topological polar surface area (TPSA) is 67.2 Å². The molecule has 2 aromatic carbocycles. The molecule has 0 bridgehead atoms. The number of rotatable bonds is 4. The second-order valence-corrected chi connectivity index (χ2v) is 4.13. The van der Waals surface area contributed by atoms with Crippen molar-refractivity contribution in [2.75, 3.05) is 0 Å². The highest BCUT2D eigenvalue weighted by atomic mass is 16.5. The van der Waals surface area contributed by atoms with Crippen molar-refractivity contribution in [3.05, 3.63) is 71.3 Å². The summed E-state index contributed by atoms with van der Waals surface area (Å²) in [6.45, 7) is 0. The van der Waals surface area contributed by atoms with Crippen LogP contribution in [-0.4, -0.2) is 12.3 Å². The van der Waals surface area contributed by atoms with Gasteiger partial charge in [-0.3, -0.25) is 4.79 Å². The number of nitrogens with zero attached hydrogens (tertiary/aromatic N) is 1. The summed E-state index contributed by atoms with van der Waals surface area (Å²) in [5.41, 5.74) is 0.833. The van der Waals surface area contributed by atoms with Gasteiger partial charge in [0.25, 0.3) is 0 Å². The van der Waals surface area contributed by atoms with Gasteiger partial charge in [0, 0.05) is 0 Å². The lowest BCUT2D eigenvalue weighted by Gasteiger charge is -2.05. The van der Waals surface area contributed by atoms with E-state index in [-0.39, 0.29) is 16.9 Å². The monoisotopic (exact) mass is 277 g/mol. The lowest BCUT2D eigenvalue weighted by Crippen LogP contribution is -2.11. The van der Waals surface area contributed by atoms with Crippen LogP contribution in [0.4, 0.5) is 0 Å². The van der Waals surface area contributed by atoms with Crippen LogP contribution < -0.4 is 4.74 Å². The van der Waals surface area contributed by atoms with Crippen LogP contribution in [0.15, 0.2) is 60.2 Å². The van der Waals surface area contributed by atoms with Crippen LogP contribution in [0.2, 0.25) is 0 Å². The molecular formula is C17H11NO3. The number of benzene rings is 2. The molecule has 21 heavy (non-hydrogen) atoms. The minimum absolute atomic E-state index is 0.131. The third kappa shape index (κ3) is 3.64. The number of hydrogen-bond donors (Lipinski definition) is 0. The Morgan fingerprint density at radius 1 is 1.05 bits per heavy atom. The van der Waals surface area contributed by atoms with E-state index in [0.717, 1.165) is 5.56 Å². The molecule has 0 aliphatic heterocycles. The molecular weight excluding hydrogens is 266 g/mol. The fourth-order valence-electron chi connectivity index (χ4n) is 1.68. The van der Waals surface area contributed by atoms with Gasteiger partial charge in [0.1, 0.15) is 17.4 Å². The first-order chi connectivity index (χ1) is 10.2. The maximum atomic E-state index is 12.0. The summed E-state index contributed by atoms with van der Waals surface area (Å²) < 4.78 is 5.10. The Balaban J connectivity index is 2.24. The molecule has 0 atom stereocenters. The molecule has 0 saturated heterocycles. The zero-order valence-electron chi connectivity index (χ0n) is 11.0. The highest BCUT2D eigenvalue weighted by molar-refractivity contribution is 5.99. The van der Waals surface area contributed by atoms with E-state index in [2.05, 4.69) is 0 Å². The predicted octanol–water partition coefficient (Wildman–Crippen LogP) is 3.01. The SMILES string of the molecule is N#C/C(=C\c1ccccc1)C(=O)Oc1ccccc1C=O. The Bertz CT molecular complexity index is 727. The first-order valence-corrected chi connectivity index (χ1v) is 6.18. The van der Waals surface area contributed by atoms with E-state index in [1.807, 2.05) is 6.07 Å². The maximum Gasteiger partial charge on any atom is 0.354 e. The van der Waals surface area contributed by atoms with Crippen LogP contribution in [0.1, 0.15) is 15.9 Å². The molecule has 0 aliphatic rings. The minimum atomic E-state index is -0.796. The van der Waals surface area contributed by atoms with Gasteiger partial charge in [-0.15, -0.1) is 0 Å². The standard InChI is InChI=1S/C17H11NO3/c18-11-15(10-13-6-2-1-3-7-13)17(20)21-16-9-5-4-8-14(16)12-19/h1-10,12H/b15-10+. The molecule has 0 radical (unpaired) electrons. The molecule has 4 nitrogen and oxygen atoms in total. The molecule has 0 N–H and O–H groups in total. The summed E-state index contributed by atoms with van der Waals surface area (Å²) in [4.78, 5) is 22.9. The van der Waals surface area contributed by atoms with Gasteiger partial charge in [-0.1, -0.05) is 42.5 Å². The number of carbonyl (C=O) groups is 2. The fraction of sp³-hybridized carbons (Fsp3) is 0. The van der Waals surface area contributed by atoms with E-state index < -0.39 is 5.97 Å². The van der Waals surface area contributed by atoms with Crippen molar-refractivity contribution in [2.24, 2.45) is 0 Å². The summed E-state index contributed by atoms with van der Waals surface area (Å²) in [6.07, 6.45) is 2.03. The van der Waals surface area contributed by atoms with Gasteiger partial charge in [0.05, 0.1) is 5.56 Å². The van der Waals surface area contributed by atoms with Crippen LogP contribution >= 0.6 is 0 Å². The van der Waals surface area contributed by atoms with Gasteiger partial charge in [0.15, 0.2) is 6.29 Å². The van der Waals surface area contributed by atoms with E-state index >= 15 is 0 Å². The predicted molar refractivity (Wildman–Crippen MR) is 77.5 cm³/mol. The van der Waals surface area contributed by atoms with E-state index in [4.69, 9.17) is 10.00 Å². The number of carbonyl (C=O) groups excluding carboxylic acids is 2. The zero-order chi connectivity index (χ0) is 15.1. The van der Waals surface area contributed by atoms with E-state index in [9.17, 15) is 9.59 Å². The van der Waals surface area contributed by atoms with Crippen molar-refractivity contribution in [3.8, 4) is 11.8 Å². The first kappa shape index (κ1) is 14.2. The summed E-state index contributed by atoms with van der Waals surface area (Å²) in [5.74, 6) is -0.664. The van der Waals surface area contributed by atoms with E-state index in [0.29, 0.717) is 6.29 Å². The number of nitriles is 1. The minimum Gasteiger partial charge on any atom is -0.422 e. The molecule has 0 amide bonds. The second-order valence-electron chi connectivity index (χ2n) is 4.13. The van der Waals surface area contributed by atoms with Crippen molar-refractivity contribution in [1.29, 1.82) is 5.26 Å². The Kier molecular flexibility index (Phi) is 4.62. The maximum absolute atomic E-state index is 12.0. The Morgan fingerprint density at radius 2 is 1.71 bits per heavy atom. The van der Waals surface area contributed by atoms with Crippen LogP contribution in [0.3, 0.4) is 0 Å². The quantitative estimate of drug-likeness (QED) is 0.283. The van der Waals surface area contributed by atoms with E-state index in [1.165, 1.54) is 18.2 Å². The van der Waals surface area contributed by atoms with Gasteiger partial charge in [0.2, 0.25) is 0 Å². The van der Waals surface area contributed by atoms with Gasteiger partial charge in [-0.25, -0.2) is 4.79 Å². The summed E-state index contributed by atoms with van der Waals surface area (Å²) in [5, 5.41) is 9.07. The summed E-state index contributed by atoms with van der Waals surface area (Å²) in [6, 6.07) is 17.1. The lowest BCUT2D eigenvalue weighted by atomic mass is 10.1. The second kappa shape index (κ2) is 6.83. The summed E-state index contributed by atoms with van der Waals surface area (Å²) >= 11 is 0. The van der Waals surface area contributed by atoms with Gasteiger partial charge in [-0.2, -0.15) is 5.26 Å². The number of ether oxygens (including phenoxy) is 1. The molecule has 0 aliphatic carbocycles. The highest BCUT2D eigenvalue weighted by Crippen LogP contribution is 2.17. The molecule has 0 fully saturated rings. The van der Waals surface area contributed by atoms with Crippen molar-refractivity contribution in [1.82, 2.24) is 0 Å². The number of esters is 1. The molecule has 4 heteroatoms. The first-order valence-electron chi connectivity index (χ1n) is 6.18. The number of aldehydes is 1. The molecule has 0 unspecified atom stereocenters. The van der Waals surface area contributed by atoms with Crippen molar-refractivity contribution >= 4 is 18.3 Å². The molecule has 0 heterocycles. The fourth-order valence-corrected chi connectivity index (χ4v) is 1.68. The third-order valence-corrected chi connectivity index (χ3v) is 2.70. The highest BCUT2D eigenvalue weighted by Gasteiger charge is 2.13. The smallest absolute Gasteiger partial charge is 0.354 e. The average molecular weight is 277 g/mol. The van der Waals surface area contributed by atoms with Gasteiger partial charge < -0.3 is 4.74 Å². The largest absolute Gasteiger partial charge is 0.422 e. The van der Waals surface area contributed by atoms with Crippen molar-refractivity contribution < 1.29 is 14.3 Å². The number of hydrogen-bond acceptors (Lipinski definition) is 4. The Hall–Kier alpha value is -3.19. The molecule has 0 saturated carbocycles. The van der Waals surface area contributed by atoms with Gasteiger partial charge >= 0.3 is 5.97 Å². The van der Waals surface area contributed by atoms with Crippen LogP contribution in [0.5, 0.6) is 5.75 Å². The Morgan fingerprint density at radius 3 is 2.38 bits per heavy atom. The van der Waals surface area contributed by atoms with Crippen molar-refractivity contribution in [2.45, 2.75) is 0 Å². The number of para-hydroxylation sites is 1. The molecule has 0 aromatic heterocycles. The lowest BCUT2D eigenvalue weighted by molar-refractivity contribution is -0.129. The summed E-state index contributed by atoms with van der Waals surface area (Å²) in [7, 11) is 0. The molecule has 102 valence electrons. The molecule has 2 aromatic rings. The van der Waals surface area contributed by atoms with Crippen LogP contribution in [-0.2, 0) is 4.79 Å². The Labute approximate surface area is 121 Å². The third-order valence-electron chi connectivity index (χ3n) is 2.70. The normalized spacial score (nSPS) is 10.5. The van der Waals surface area contributed by atoms with Gasteiger partial charge in [-0.05, 0) is 23.8 Å². The molecule has 2 rings (SSSR count). The molecule has 0 spiro atoms. The van der Waals surface area contributed by atoms with E-state index in [1.54, 1.807) is 42.5 Å². The van der Waals surface area contributed by atoms with Crippen LogP contribution in [0, 0.1) is 11.3 Å². The van der Waals surface area contributed by atoms with Crippen LogP contribution in [0.25, 0.3) is 6.08 Å². The van der Waals surface area contributed by atoms with Crippen molar-refractivity contribution in [3.63, 3.8) is 0 Å². The zero-order valence-corrected chi connectivity index (χ0v) is 11.0.